The van der Waals surface area contributed by atoms with Crippen LogP contribution in [0.2, 0.25) is 0 Å². The van der Waals surface area contributed by atoms with Gasteiger partial charge in [0, 0.05) is 0 Å². The Morgan fingerprint density at radius 2 is 1.74 bits per heavy atom. The van der Waals surface area contributed by atoms with Gasteiger partial charge in [-0.05, 0) is 13.8 Å². The molecule has 0 aromatic carbocycles. The monoisotopic (exact) mass is 291 g/mol. The molecule has 0 aliphatic carbocycles. The largest absolute Gasteiger partial charge is 0.466 e. The van der Waals surface area contributed by atoms with Crippen molar-refractivity contribution in [3.05, 3.63) is 12.7 Å². The smallest absolute Gasteiger partial charge is 0.382 e. The van der Waals surface area contributed by atoms with Gasteiger partial charge in [-0.25, -0.2) is 19.5 Å². The molecule has 0 aliphatic heterocycles. The summed E-state index contributed by atoms with van der Waals surface area (Å²) in [5, 5.41) is 0. The molecule has 106 valence electrons. The van der Waals surface area contributed by atoms with Gasteiger partial charge in [-0.2, -0.15) is 0 Å². The zero-order valence-electron chi connectivity index (χ0n) is 10.2. The number of phosphoric acid groups is 1. The van der Waals surface area contributed by atoms with E-state index in [2.05, 4.69) is 19.9 Å². The summed E-state index contributed by atoms with van der Waals surface area (Å²) in [7, 11) is -4.64. The highest BCUT2D eigenvalue weighted by atomic mass is 31.2. The molecule has 2 rings (SSSR count). The van der Waals surface area contributed by atoms with Gasteiger partial charge in [0.15, 0.2) is 11.5 Å². The standard InChI is InChI=1S/C5H5N5.C3H6O.H3O4P/c6-4-3-5(9-1-7-3)10-2-8-4;1-3(2)4;1-5(2,3)4/h1-2H,(H3,6,7,8,9,10);1-2H3;(H3,1,2,3,4). The van der Waals surface area contributed by atoms with Crippen molar-refractivity contribution in [2.75, 3.05) is 5.73 Å². The van der Waals surface area contributed by atoms with E-state index in [-0.39, 0.29) is 5.78 Å². The number of Topliss-reactive ketones (excluding diaryl/α,β-unsaturated/α-hetero) is 1. The van der Waals surface area contributed by atoms with Crippen LogP contribution in [0.5, 0.6) is 0 Å². The van der Waals surface area contributed by atoms with Crippen molar-refractivity contribution in [2.45, 2.75) is 13.8 Å². The minimum absolute atomic E-state index is 0.167. The molecule has 0 radical (unpaired) electrons. The van der Waals surface area contributed by atoms with E-state index in [1.807, 2.05) is 0 Å². The van der Waals surface area contributed by atoms with Crippen molar-refractivity contribution >= 4 is 30.6 Å². The molecule has 0 saturated carbocycles. The molecule has 10 nitrogen and oxygen atoms in total. The lowest BCUT2D eigenvalue weighted by Crippen LogP contribution is -1.91. The summed E-state index contributed by atoms with van der Waals surface area (Å²) in [4.78, 5) is 45.4. The predicted molar refractivity (Wildman–Crippen MR) is 66.7 cm³/mol. The first-order valence-corrected chi connectivity index (χ1v) is 6.32. The first kappa shape index (κ1) is 17.1. The number of anilines is 1. The average molecular weight is 291 g/mol. The number of H-pyrrole nitrogens is 1. The van der Waals surface area contributed by atoms with Crippen LogP contribution in [0.3, 0.4) is 0 Å². The van der Waals surface area contributed by atoms with E-state index in [0.29, 0.717) is 17.0 Å². The maximum Gasteiger partial charge on any atom is 0.466 e. The summed E-state index contributed by atoms with van der Waals surface area (Å²) in [5.74, 6) is 0.600. The molecule has 19 heavy (non-hydrogen) atoms. The summed E-state index contributed by atoms with van der Waals surface area (Å²) in [6.45, 7) is 3.06. The molecular weight excluding hydrogens is 277 g/mol. The van der Waals surface area contributed by atoms with Crippen molar-refractivity contribution in [2.24, 2.45) is 0 Å². The van der Waals surface area contributed by atoms with Crippen LogP contribution in [0.15, 0.2) is 12.7 Å². The van der Waals surface area contributed by atoms with Crippen molar-refractivity contribution in [3.63, 3.8) is 0 Å². The summed E-state index contributed by atoms with van der Waals surface area (Å²) < 4.78 is 8.88. The molecule has 11 heteroatoms. The number of aromatic amines is 1. The fourth-order valence-corrected chi connectivity index (χ4v) is 0.784. The third-order valence-corrected chi connectivity index (χ3v) is 1.25. The number of nitrogens with one attached hydrogen (secondary N) is 1. The number of nitrogens with zero attached hydrogens (tertiary/aromatic N) is 3. The maximum atomic E-state index is 9.44. The lowest BCUT2D eigenvalue weighted by atomic mass is 10.5. The molecule has 0 atom stereocenters. The number of carbonyl (C=O) groups is 1. The van der Waals surface area contributed by atoms with Crippen molar-refractivity contribution in [1.29, 1.82) is 0 Å². The highest BCUT2D eigenvalue weighted by Gasteiger charge is 2.00. The Kier molecular flexibility index (Phi) is 6.80. The molecule has 6 N–H and O–H groups in total. The van der Waals surface area contributed by atoms with Crippen LogP contribution in [-0.2, 0) is 9.36 Å². The number of carbonyl (C=O) groups excluding carboxylic acids is 1. The topological polar surface area (TPSA) is 175 Å². The Hall–Kier alpha value is -1.87. The Bertz CT molecular complexity index is 567. The SMILES string of the molecule is CC(C)=O.Nc1ncnc2nc[nH]c12.O=P(O)(O)O. The van der Waals surface area contributed by atoms with Crippen LogP contribution >= 0.6 is 7.82 Å². The summed E-state index contributed by atoms with van der Waals surface area (Å²) in [6, 6.07) is 0. The van der Waals surface area contributed by atoms with Crippen LogP contribution in [-0.4, -0.2) is 40.4 Å². The number of hydrogen-bond donors (Lipinski definition) is 5. The minimum atomic E-state index is -4.64. The van der Waals surface area contributed by atoms with Gasteiger partial charge in [0.25, 0.3) is 0 Å². The van der Waals surface area contributed by atoms with E-state index in [0.717, 1.165) is 0 Å². The molecule has 0 unspecified atom stereocenters. The lowest BCUT2D eigenvalue weighted by Gasteiger charge is -1.89. The van der Waals surface area contributed by atoms with Crippen LogP contribution in [0.1, 0.15) is 13.8 Å². The lowest BCUT2D eigenvalue weighted by molar-refractivity contribution is -0.115. The van der Waals surface area contributed by atoms with Gasteiger partial charge in [0.1, 0.15) is 17.6 Å². The van der Waals surface area contributed by atoms with Gasteiger partial charge in [-0.15, -0.1) is 0 Å². The number of nitrogen functional groups attached to an aromatic ring is 1. The molecule has 0 fully saturated rings. The first-order valence-electron chi connectivity index (χ1n) is 4.76. The van der Waals surface area contributed by atoms with Crippen LogP contribution in [0, 0.1) is 0 Å². The average Bonchev–Trinajstić information content (AvgIpc) is 2.63. The van der Waals surface area contributed by atoms with Crippen LogP contribution < -0.4 is 5.73 Å². The highest BCUT2D eigenvalue weighted by molar-refractivity contribution is 7.45. The van der Waals surface area contributed by atoms with Crippen molar-refractivity contribution in [1.82, 2.24) is 19.9 Å². The number of nitrogens with two attached hydrogens (primary N) is 1. The number of hydrogen-bond acceptors (Lipinski definition) is 6. The van der Waals surface area contributed by atoms with E-state index >= 15 is 0 Å². The second-order valence-corrected chi connectivity index (χ2v) is 4.31. The number of rotatable bonds is 0. The first-order chi connectivity index (χ1) is 8.61. The van der Waals surface area contributed by atoms with Gasteiger partial charge in [0.2, 0.25) is 0 Å². The predicted octanol–water partition coefficient (Wildman–Crippen LogP) is -0.398. The second kappa shape index (κ2) is 7.54. The summed E-state index contributed by atoms with van der Waals surface area (Å²) in [5.41, 5.74) is 6.78. The number of aromatic nitrogens is 4. The van der Waals surface area contributed by atoms with Crippen molar-refractivity contribution in [3.8, 4) is 0 Å². The molecular formula is C8H14N5O5P. The normalized spacial score (nSPS) is 9.95. The molecule has 2 aromatic heterocycles. The zero-order valence-corrected chi connectivity index (χ0v) is 11.1. The van der Waals surface area contributed by atoms with Crippen molar-refractivity contribution < 1.29 is 24.0 Å². The second-order valence-electron chi connectivity index (χ2n) is 3.28. The van der Waals surface area contributed by atoms with Gasteiger partial charge in [0.05, 0.1) is 6.33 Å². The van der Waals surface area contributed by atoms with E-state index in [1.165, 1.54) is 26.5 Å². The van der Waals surface area contributed by atoms with Gasteiger partial charge in [-0.3, -0.25) is 0 Å². The number of imidazole rings is 1. The summed E-state index contributed by atoms with van der Waals surface area (Å²) >= 11 is 0. The van der Waals surface area contributed by atoms with Gasteiger partial charge < -0.3 is 30.2 Å². The fraction of sp³-hybridized carbons (Fsp3) is 0.250. The van der Waals surface area contributed by atoms with Gasteiger partial charge in [-0.1, -0.05) is 0 Å². The fourth-order valence-electron chi connectivity index (χ4n) is 0.784. The Morgan fingerprint density at radius 1 is 1.26 bits per heavy atom. The zero-order chi connectivity index (χ0) is 15.1. The molecule has 0 amide bonds. The third kappa shape index (κ3) is 9.80. The van der Waals surface area contributed by atoms with Gasteiger partial charge >= 0.3 is 7.82 Å². The van der Waals surface area contributed by atoms with E-state index in [1.54, 1.807) is 0 Å². The van der Waals surface area contributed by atoms with Crippen LogP contribution in [0.4, 0.5) is 5.82 Å². The number of ketones is 1. The van der Waals surface area contributed by atoms with E-state index in [9.17, 15) is 4.79 Å². The molecule has 2 heterocycles. The Balaban J connectivity index is 0.000000307. The van der Waals surface area contributed by atoms with E-state index < -0.39 is 7.82 Å². The third-order valence-electron chi connectivity index (χ3n) is 1.25. The Labute approximate surface area is 108 Å². The molecule has 0 aliphatic rings. The highest BCUT2D eigenvalue weighted by Crippen LogP contribution is 2.25. The van der Waals surface area contributed by atoms with Crippen LogP contribution in [0.25, 0.3) is 11.2 Å². The quantitative estimate of drug-likeness (QED) is 0.404. The molecule has 0 saturated heterocycles. The maximum absolute atomic E-state index is 9.44. The molecule has 0 spiro atoms. The summed E-state index contributed by atoms with van der Waals surface area (Å²) in [6.07, 6.45) is 2.92. The minimum Gasteiger partial charge on any atom is -0.382 e. The van der Waals surface area contributed by atoms with E-state index in [4.69, 9.17) is 25.0 Å². The molecule has 0 bridgehead atoms. The number of fused-ring (bicyclic) bond motifs is 1. The molecule has 2 aromatic rings. The Morgan fingerprint density at radius 3 is 2.16 bits per heavy atom.